The molecule has 0 spiro atoms. The fraction of sp³-hybridized carbons (Fsp3) is 0. The molecule has 0 aliphatic rings. The number of phosphoric ester groups is 1. The number of hydrogen-bond donors (Lipinski definition) is 1. The van der Waals surface area contributed by atoms with Crippen molar-refractivity contribution in [3.8, 4) is 5.75 Å². The normalized spacial score (nSPS) is 13.5. The molecular formula is C6H5AgNO6P-. The van der Waals surface area contributed by atoms with Crippen LogP contribution in [0.25, 0.3) is 0 Å². The minimum absolute atomic E-state index is 0. The topological polar surface area (TPSA) is 113 Å². The first kappa shape index (κ1) is 14.3. The Labute approximate surface area is 100.0 Å². The number of nitrogens with zero attached hydrogens (tertiary/aromatic N) is 1. The smallest absolute Gasteiger partial charge is 0.317 e. The van der Waals surface area contributed by atoms with E-state index in [1.54, 1.807) is 0 Å². The van der Waals surface area contributed by atoms with Gasteiger partial charge in [0, 0.05) is 34.5 Å². The van der Waals surface area contributed by atoms with Gasteiger partial charge in [0.15, 0.2) is 0 Å². The third-order valence-corrected chi connectivity index (χ3v) is 1.71. The van der Waals surface area contributed by atoms with Crippen molar-refractivity contribution in [2.45, 2.75) is 0 Å². The minimum Gasteiger partial charge on any atom is -0.746 e. The third kappa shape index (κ3) is 5.08. The van der Waals surface area contributed by atoms with Gasteiger partial charge in [-0.05, 0) is 12.1 Å². The van der Waals surface area contributed by atoms with Crippen LogP contribution in [0.2, 0.25) is 0 Å². The van der Waals surface area contributed by atoms with Gasteiger partial charge in [0.1, 0.15) is 5.75 Å². The van der Waals surface area contributed by atoms with E-state index in [1.807, 2.05) is 0 Å². The van der Waals surface area contributed by atoms with Crippen LogP contribution in [0.3, 0.4) is 0 Å². The maximum Gasteiger partial charge on any atom is 0.317 e. The molecule has 0 bridgehead atoms. The van der Waals surface area contributed by atoms with Crippen LogP contribution in [0.4, 0.5) is 5.69 Å². The van der Waals surface area contributed by atoms with E-state index in [0.717, 1.165) is 24.3 Å². The van der Waals surface area contributed by atoms with Gasteiger partial charge >= 0.3 is 7.82 Å². The number of non-ortho nitro benzene ring substituents is 1. The molecule has 0 heterocycles. The van der Waals surface area contributed by atoms with Gasteiger partial charge in [-0.3, -0.25) is 14.7 Å². The van der Waals surface area contributed by atoms with Crippen molar-refractivity contribution >= 4 is 13.5 Å². The number of benzene rings is 1. The van der Waals surface area contributed by atoms with Crippen LogP contribution >= 0.6 is 7.82 Å². The summed E-state index contributed by atoms with van der Waals surface area (Å²) in [6.45, 7) is 0. The summed E-state index contributed by atoms with van der Waals surface area (Å²) < 4.78 is 14.3. The number of hydrogen-bond acceptors (Lipinski definition) is 5. The van der Waals surface area contributed by atoms with Crippen molar-refractivity contribution in [3.05, 3.63) is 34.4 Å². The Bertz CT molecular complexity index is 387. The summed E-state index contributed by atoms with van der Waals surface area (Å²) >= 11 is 0. The molecule has 1 radical (unpaired) electrons. The van der Waals surface area contributed by atoms with Crippen molar-refractivity contribution in [2.24, 2.45) is 0 Å². The maximum absolute atomic E-state index is 10.2. The molecule has 87 valence electrons. The van der Waals surface area contributed by atoms with Gasteiger partial charge in [0.25, 0.3) is 5.69 Å². The van der Waals surface area contributed by atoms with Gasteiger partial charge < -0.3 is 14.3 Å². The molecule has 1 atom stereocenters. The summed E-state index contributed by atoms with van der Waals surface area (Å²) in [6, 6.07) is 4.26. The van der Waals surface area contributed by atoms with E-state index in [2.05, 4.69) is 4.52 Å². The Kier molecular flexibility index (Phi) is 5.16. The van der Waals surface area contributed by atoms with Crippen molar-refractivity contribution < 1.29 is 46.2 Å². The number of nitro groups is 1. The van der Waals surface area contributed by atoms with Gasteiger partial charge in [-0.15, -0.1) is 0 Å². The third-order valence-electron chi connectivity index (χ3n) is 1.27. The molecule has 1 aromatic carbocycles. The number of phosphoric acid groups is 1. The standard InChI is InChI=1S/C6H6NO6P.Ag/c8-7(9)5-1-3-6(4-2-5)13-14(10,11)12;/h1-4H,(H2,10,11,12);/p-1. The molecule has 9 heteroatoms. The zero-order chi connectivity index (χ0) is 10.8. The fourth-order valence-corrected chi connectivity index (χ4v) is 1.15. The van der Waals surface area contributed by atoms with Crippen LogP contribution in [-0.2, 0) is 26.9 Å². The second kappa shape index (κ2) is 5.41. The van der Waals surface area contributed by atoms with Gasteiger partial charge in [-0.25, -0.2) is 0 Å². The summed E-state index contributed by atoms with van der Waals surface area (Å²) in [4.78, 5) is 28.1. The molecule has 0 aliphatic heterocycles. The Morgan fingerprint density at radius 2 is 1.80 bits per heavy atom. The molecular weight excluding hydrogens is 321 g/mol. The number of nitro benzene ring substituents is 1. The van der Waals surface area contributed by atoms with Crippen LogP contribution in [0.5, 0.6) is 5.75 Å². The summed E-state index contributed by atoms with van der Waals surface area (Å²) in [7, 11) is -4.85. The van der Waals surface area contributed by atoms with E-state index in [9.17, 15) is 19.6 Å². The predicted octanol–water partition coefficient (Wildman–Crippen LogP) is 0.432. The van der Waals surface area contributed by atoms with E-state index >= 15 is 0 Å². The van der Waals surface area contributed by atoms with E-state index in [-0.39, 0.29) is 33.8 Å². The SMILES string of the molecule is O=[N+]([O-])c1ccc(OP(=O)([O-])O)cc1.[Ag]. The largest absolute Gasteiger partial charge is 0.746 e. The molecule has 15 heavy (non-hydrogen) atoms. The average Bonchev–Trinajstić information content (AvgIpc) is 2.02. The first-order valence-corrected chi connectivity index (χ1v) is 4.86. The molecule has 0 saturated heterocycles. The number of rotatable bonds is 3. The van der Waals surface area contributed by atoms with E-state index in [0.29, 0.717) is 0 Å². The van der Waals surface area contributed by atoms with Crippen molar-refractivity contribution in [2.75, 3.05) is 0 Å². The van der Waals surface area contributed by atoms with Gasteiger partial charge in [0.2, 0.25) is 0 Å². The van der Waals surface area contributed by atoms with E-state index in [1.165, 1.54) is 0 Å². The summed E-state index contributed by atoms with van der Waals surface area (Å²) in [5.74, 6) is -0.184. The van der Waals surface area contributed by atoms with E-state index < -0.39 is 12.7 Å². The Morgan fingerprint density at radius 1 is 1.33 bits per heavy atom. The minimum atomic E-state index is -4.85. The van der Waals surface area contributed by atoms with Crippen LogP contribution < -0.4 is 9.42 Å². The molecule has 1 unspecified atom stereocenters. The Hall–Kier alpha value is -0.690. The molecule has 1 aromatic rings. The van der Waals surface area contributed by atoms with Crippen molar-refractivity contribution in [3.63, 3.8) is 0 Å². The summed E-state index contributed by atoms with van der Waals surface area (Å²) in [5, 5.41) is 10.2. The van der Waals surface area contributed by atoms with Crippen LogP contribution in [0.15, 0.2) is 24.3 Å². The molecule has 0 saturated carbocycles. The van der Waals surface area contributed by atoms with Crippen LogP contribution in [0.1, 0.15) is 0 Å². The average molecular weight is 326 g/mol. The van der Waals surface area contributed by atoms with Gasteiger partial charge in [-0.2, -0.15) is 0 Å². The summed E-state index contributed by atoms with van der Waals surface area (Å²) in [5.41, 5.74) is -0.198. The Morgan fingerprint density at radius 3 is 2.13 bits per heavy atom. The van der Waals surface area contributed by atoms with E-state index in [4.69, 9.17) is 4.89 Å². The van der Waals surface area contributed by atoms with Crippen molar-refractivity contribution in [1.82, 2.24) is 0 Å². The molecule has 0 aromatic heterocycles. The molecule has 0 amide bonds. The monoisotopic (exact) mass is 325 g/mol. The first-order valence-electron chi connectivity index (χ1n) is 3.36. The van der Waals surface area contributed by atoms with Gasteiger partial charge in [-0.1, -0.05) is 0 Å². The Balaban J connectivity index is 0.00000196. The molecule has 1 rings (SSSR count). The fourth-order valence-electron chi connectivity index (χ4n) is 0.762. The van der Waals surface area contributed by atoms with Crippen LogP contribution in [-0.4, -0.2) is 9.82 Å². The predicted molar refractivity (Wildman–Crippen MR) is 43.5 cm³/mol. The first-order chi connectivity index (χ1) is 6.38. The second-order valence-corrected chi connectivity index (χ2v) is 3.43. The van der Waals surface area contributed by atoms with Crippen LogP contribution in [0, 0.1) is 10.1 Å². The maximum atomic E-state index is 10.2. The zero-order valence-electron chi connectivity index (χ0n) is 6.99. The van der Waals surface area contributed by atoms with Gasteiger partial charge in [0.05, 0.1) is 4.92 Å². The quantitative estimate of drug-likeness (QED) is 0.373. The summed E-state index contributed by atoms with van der Waals surface area (Å²) in [6.07, 6.45) is 0. The molecule has 7 nitrogen and oxygen atoms in total. The molecule has 1 N–H and O–H groups in total. The molecule has 0 aliphatic carbocycles. The van der Waals surface area contributed by atoms with Crippen molar-refractivity contribution in [1.29, 1.82) is 0 Å². The zero-order valence-corrected chi connectivity index (χ0v) is 9.37. The second-order valence-electron chi connectivity index (χ2n) is 2.31. The molecule has 0 fully saturated rings.